The number of nitrogens with one attached hydrogen (secondary N) is 2. The van der Waals surface area contributed by atoms with E-state index in [2.05, 4.69) is 15.3 Å². The Morgan fingerprint density at radius 1 is 1.11 bits per heavy atom. The van der Waals surface area contributed by atoms with Gasteiger partial charge >= 0.3 is 0 Å². The highest BCUT2D eigenvalue weighted by Gasteiger charge is 2.33. The van der Waals surface area contributed by atoms with E-state index in [-0.39, 0.29) is 35.2 Å². The van der Waals surface area contributed by atoms with Gasteiger partial charge in [0.15, 0.2) is 0 Å². The molecule has 0 unspecified atom stereocenters. The van der Waals surface area contributed by atoms with Gasteiger partial charge < -0.3 is 11.1 Å². The van der Waals surface area contributed by atoms with E-state index in [0.29, 0.717) is 35.2 Å². The maximum Gasteiger partial charge on any atom is 0.252 e. The molecule has 0 aliphatic heterocycles. The second-order valence-electron chi connectivity index (χ2n) is 6.92. The summed E-state index contributed by atoms with van der Waals surface area (Å²) in [6.45, 7) is 0. The fourth-order valence-electron chi connectivity index (χ4n) is 3.54. The molecule has 0 spiro atoms. The maximum atomic E-state index is 14.2. The summed E-state index contributed by atoms with van der Waals surface area (Å²) in [4.78, 5) is 30.9. The zero-order chi connectivity index (χ0) is 19.7. The molecule has 1 heterocycles. The highest BCUT2D eigenvalue weighted by Crippen LogP contribution is 2.36. The third-order valence-electron chi connectivity index (χ3n) is 5.01. The number of hydrogen-bond acceptors (Lipinski definition) is 4. The first-order valence-electron chi connectivity index (χ1n) is 9.03. The lowest BCUT2D eigenvalue weighted by atomic mass is 9.78. The molecule has 0 atom stereocenters. The van der Waals surface area contributed by atoms with Gasteiger partial charge in [0.2, 0.25) is 5.95 Å². The number of aromatic nitrogens is 2. The van der Waals surface area contributed by atoms with Crippen LogP contribution in [0.25, 0.3) is 11.1 Å². The molecule has 1 fully saturated rings. The first-order valence-corrected chi connectivity index (χ1v) is 9.03. The summed E-state index contributed by atoms with van der Waals surface area (Å²) in [7, 11) is 0. The van der Waals surface area contributed by atoms with Crippen LogP contribution in [0.2, 0.25) is 0 Å². The summed E-state index contributed by atoms with van der Waals surface area (Å²) in [5.41, 5.74) is 7.31. The Morgan fingerprint density at radius 3 is 2.50 bits per heavy atom. The molecular formula is C21H19FN4O2. The van der Waals surface area contributed by atoms with Crippen LogP contribution in [0.15, 0.2) is 59.4 Å². The molecular weight excluding hydrogens is 359 g/mol. The molecule has 0 radical (unpaired) electrons. The van der Waals surface area contributed by atoms with E-state index in [9.17, 15) is 14.0 Å². The predicted octanol–water partition coefficient (Wildman–Crippen LogP) is 2.83. The number of carbonyl (C=O) groups excluding carboxylic acids is 1. The van der Waals surface area contributed by atoms with Crippen molar-refractivity contribution in [3.05, 3.63) is 82.0 Å². The molecule has 7 heteroatoms. The molecule has 6 nitrogen and oxygen atoms in total. The van der Waals surface area contributed by atoms with Crippen LogP contribution in [0.3, 0.4) is 0 Å². The summed E-state index contributed by atoms with van der Waals surface area (Å²) in [5, 5.41) is 2.98. The van der Waals surface area contributed by atoms with Crippen LogP contribution in [0.4, 0.5) is 10.3 Å². The molecule has 3 aromatic rings. The van der Waals surface area contributed by atoms with E-state index >= 15 is 0 Å². The molecule has 4 N–H and O–H groups in total. The summed E-state index contributed by atoms with van der Waals surface area (Å²) >= 11 is 0. The van der Waals surface area contributed by atoms with Crippen LogP contribution in [0.5, 0.6) is 0 Å². The van der Waals surface area contributed by atoms with E-state index in [1.165, 1.54) is 12.1 Å². The summed E-state index contributed by atoms with van der Waals surface area (Å²) < 4.78 is 14.2. The quantitative estimate of drug-likeness (QED) is 0.650. The smallest absolute Gasteiger partial charge is 0.252 e. The molecule has 0 saturated heterocycles. The summed E-state index contributed by atoms with van der Waals surface area (Å²) in [6, 6.07) is 14.7. The van der Waals surface area contributed by atoms with Crippen LogP contribution < -0.4 is 16.6 Å². The monoisotopic (exact) mass is 378 g/mol. The van der Waals surface area contributed by atoms with Crippen LogP contribution in [-0.4, -0.2) is 21.9 Å². The van der Waals surface area contributed by atoms with E-state index in [1.54, 1.807) is 42.5 Å². The number of benzene rings is 2. The third-order valence-corrected chi connectivity index (χ3v) is 5.01. The highest BCUT2D eigenvalue weighted by molar-refractivity contribution is 6.01. The van der Waals surface area contributed by atoms with Crippen molar-refractivity contribution in [3.8, 4) is 11.1 Å². The lowest BCUT2D eigenvalue weighted by molar-refractivity contribution is 0.0909. The zero-order valence-electron chi connectivity index (χ0n) is 15.0. The van der Waals surface area contributed by atoms with Gasteiger partial charge in [0.05, 0.1) is 5.69 Å². The maximum absolute atomic E-state index is 14.2. The van der Waals surface area contributed by atoms with Crippen molar-refractivity contribution in [2.45, 2.75) is 24.8 Å². The number of nitrogens with zero attached hydrogens (tertiary/aromatic N) is 1. The second kappa shape index (κ2) is 7.26. The van der Waals surface area contributed by atoms with Crippen molar-refractivity contribution in [1.82, 2.24) is 15.3 Å². The van der Waals surface area contributed by atoms with Crippen molar-refractivity contribution < 1.29 is 9.18 Å². The van der Waals surface area contributed by atoms with Crippen LogP contribution >= 0.6 is 0 Å². The zero-order valence-corrected chi connectivity index (χ0v) is 15.0. The van der Waals surface area contributed by atoms with Crippen molar-refractivity contribution in [2.24, 2.45) is 0 Å². The van der Waals surface area contributed by atoms with Crippen LogP contribution in [0, 0.1) is 5.82 Å². The molecule has 1 saturated carbocycles. The minimum Gasteiger partial charge on any atom is -0.369 e. The lowest BCUT2D eigenvalue weighted by Crippen LogP contribution is -2.44. The minimum absolute atomic E-state index is 0.0338. The van der Waals surface area contributed by atoms with Crippen molar-refractivity contribution in [3.63, 3.8) is 0 Å². The standard InChI is InChI=1S/C21H19FN4O2/c22-17-8-4-3-6-15(17)14-5-1-2-7-16(14)20(28)24-13-9-12(10-13)18-11-19(27)26-21(23)25-18/h1-8,11-13H,9-10H2,(H,24,28)(H3,23,25,26,27). The van der Waals surface area contributed by atoms with Crippen molar-refractivity contribution in [2.75, 3.05) is 5.73 Å². The Morgan fingerprint density at radius 2 is 1.79 bits per heavy atom. The number of amides is 1. The molecule has 1 aliphatic carbocycles. The van der Waals surface area contributed by atoms with E-state index in [4.69, 9.17) is 5.73 Å². The van der Waals surface area contributed by atoms with Crippen LogP contribution in [-0.2, 0) is 0 Å². The largest absolute Gasteiger partial charge is 0.369 e. The Bertz CT molecular complexity index is 1090. The second-order valence-corrected chi connectivity index (χ2v) is 6.92. The fourth-order valence-corrected chi connectivity index (χ4v) is 3.54. The average Bonchev–Trinajstić information content (AvgIpc) is 2.64. The van der Waals surface area contributed by atoms with Gasteiger partial charge in [0, 0.05) is 29.2 Å². The number of nitrogens with two attached hydrogens (primary N) is 1. The lowest BCUT2D eigenvalue weighted by Gasteiger charge is -2.35. The molecule has 4 rings (SSSR count). The van der Waals surface area contributed by atoms with E-state index in [0.717, 1.165) is 0 Å². The number of nitrogen functional groups attached to an aromatic ring is 1. The SMILES string of the molecule is Nc1nc(C2CC(NC(=O)c3ccccc3-c3ccccc3F)C2)cc(=O)[nH]1. The highest BCUT2D eigenvalue weighted by atomic mass is 19.1. The number of halogens is 1. The molecule has 1 amide bonds. The summed E-state index contributed by atoms with van der Waals surface area (Å²) in [6.07, 6.45) is 1.34. The fraction of sp³-hybridized carbons (Fsp3) is 0.190. The Hall–Kier alpha value is -3.48. The predicted molar refractivity (Wildman–Crippen MR) is 104 cm³/mol. The third kappa shape index (κ3) is 3.51. The number of hydrogen-bond donors (Lipinski definition) is 3. The first-order chi connectivity index (χ1) is 13.5. The molecule has 2 aromatic carbocycles. The number of aromatic amines is 1. The minimum atomic E-state index is -0.371. The van der Waals surface area contributed by atoms with Crippen molar-refractivity contribution in [1.29, 1.82) is 0 Å². The van der Waals surface area contributed by atoms with Crippen molar-refractivity contribution >= 4 is 11.9 Å². The molecule has 142 valence electrons. The number of anilines is 1. The summed E-state index contributed by atoms with van der Waals surface area (Å²) in [5.74, 6) is -0.449. The molecule has 0 bridgehead atoms. The Labute approximate surface area is 160 Å². The van der Waals surface area contributed by atoms with Crippen LogP contribution in [0.1, 0.15) is 34.8 Å². The van der Waals surface area contributed by atoms with Gasteiger partial charge in [0.25, 0.3) is 11.5 Å². The number of H-pyrrole nitrogens is 1. The average molecular weight is 378 g/mol. The van der Waals surface area contributed by atoms with Gasteiger partial charge in [-0.2, -0.15) is 0 Å². The molecule has 1 aliphatic rings. The van der Waals surface area contributed by atoms with Gasteiger partial charge in [-0.25, -0.2) is 9.37 Å². The number of carbonyl (C=O) groups is 1. The molecule has 28 heavy (non-hydrogen) atoms. The number of rotatable bonds is 4. The van der Waals surface area contributed by atoms with Gasteiger partial charge in [0.1, 0.15) is 5.82 Å². The van der Waals surface area contributed by atoms with Gasteiger partial charge in [-0.05, 0) is 30.5 Å². The normalized spacial score (nSPS) is 18.3. The Balaban J connectivity index is 1.47. The van der Waals surface area contributed by atoms with Gasteiger partial charge in [-0.3, -0.25) is 14.6 Å². The topological polar surface area (TPSA) is 101 Å². The van der Waals surface area contributed by atoms with Gasteiger partial charge in [-0.1, -0.05) is 36.4 Å². The van der Waals surface area contributed by atoms with E-state index in [1.807, 2.05) is 0 Å². The molecule has 1 aromatic heterocycles. The van der Waals surface area contributed by atoms with Gasteiger partial charge in [-0.15, -0.1) is 0 Å². The Kier molecular flexibility index (Phi) is 4.65. The van der Waals surface area contributed by atoms with E-state index < -0.39 is 0 Å². The first kappa shape index (κ1) is 17.9.